The molecule has 0 bridgehead atoms. The van der Waals surface area contributed by atoms with E-state index < -0.39 is 11.5 Å². The maximum absolute atomic E-state index is 13.3. The van der Waals surface area contributed by atoms with Gasteiger partial charge in [-0.15, -0.1) is 0 Å². The van der Waals surface area contributed by atoms with Gasteiger partial charge in [-0.05, 0) is 30.4 Å². The third-order valence-corrected chi connectivity index (χ3v) is 6.97. The molecular formula is C21H22O7. The maximum atomic E-state index is 13.3. The Balaban J connectivity index is 1.58. The van der Waals surface area contributed by atoms with Crippen molar-refractivity contribution in [3.8, 4) is 0 Å². The second kappa shape index (κ2) is 5.96. The van der Waals surface area contributed by atoms with E-state index in [-0.39, 0.29) is 42.0 Å². The molecule has 6 unspecified atom stereocenters. The van der Waals surface area contributed by atoms with Crippen molar-refractivity contribution in [1.29, 1.82) is 0 Å². The number of esters is 3. The Morgan fingerprint density at radius 1 is 1.21 bits per heavy atom. The van der Waals surface area contributed by atoms with Crippen LogP contribution in [0, 0.1) is 17.3 Å². The highest BCUT2D eigenvalue weighted by Crippen LogP contribution is 2.62. The van der Waals surface area contributed by atoms with Gasteiger partial charge in [0.1, 0.15) is 18.3 Å². The summed E-state index contributed by atoms with van der Waals surface area (Å²) >= 11 is 0. The number of furan rings is 1. The van der Waals surface area contributed by atoms with Crippen molar-refractivity contribution in [1.82, 2.24) is 0 Å². The zero-order valence-corrected chi connectivity index (χ0v) is 15.8. The van der Waals surface area contributed by atoms with Gasteiger partial charge in [0.05, 0.1) is 17.9 Å². The molecule has 148 valence electrons. The molecule has 2 fully saturated rings. The molecule has 0 aromatic carbocycles. The first-order chi connectivity index (χ1) is 13.4. The van der Waals surface area contributed by atoms with Crippen molar-refractivity contribution >= 4 is 17.9 Å². The maximum Gasteiger partial charge on any atom is 0.334 e. The average Bonchev–Trinajstić information content (AvgIpc) is 3.33. The van der Waals surface area contributed by atoms with E-state index in [1.54, 1.807) is 12.5 Å². The number of cyclic esters (lactones) is 1. The summed E-state index contributed by atoms with van der Waals surface area (Å²) in [6.45, 7) is 3.38. The lowest BCUT2D eigenvalue weighted by Crippen LogP contribution is -2.51. The van der Waals surface area contributed by atoms with Crippen molar-refractivity contribution in [2.45, 2.75) is 57.8 Å². The molecule has 1 spiro atoms. The van der Waals surface area contributed by atoms with Gasteiger partial charge >= 0.3 is 17.9 Å². The van der Waals surface area contributed by atoms with Crippen LogP contribution in [-0.2, 0) is 28.6 Å². The van der Waals surface area contributed by atoms with Crippen LogP contribution < -0.4 is 0 Å². The summed E-state index contributed by atoms with van der Waals surface area (Å²) in [6, 6.07) is 1.81. The fourth-order valence-electron chi connectivity index (χ4n) is 5.78. The molecule has 1 aromatic heterocycles. The van der Waals surface area contributed by atoms with Gasteiger partial charge in [-0.3, -0.25) is 9.59 Å². The van der Waals surface area contributed by atoms with Crippen molar-refractivity contribution in [2.75, 3.05) is 0 Å². The summed E-state index contributed by atoms with van der Waals surface area (Å²) in [6.07, 6.45) is 4.05. The van der Waals surface area contributed by atoms with E-state index in [1.165, 1.54) is 6.92 Å². The van der Waals surface area contributed by atoms with E-state index in [4.69, 9.17) is 18.6 Å². The van der Waals surface area contributed by atoms with E-state index >= 15 is 0 Å². The molecule has 1 aromatic rings. The molecule has 2 aliphatic carbocycles. The minimum Gasteiger partial charge on any atom is -0.472 e. The molecular weight excluding hydrogens is 364 g/mol. The molecule has 7 nitrogen and oxygen atoms in total. The Morgan fingerprint density at radius 3 is 2.75 bits per heavy atom. The molecule has 0 radical (unpaired) electrons. The number of carbonyl (C=O) groups is 3. The third-order valence-electron chi connectivity index (χ3n) is 6.97. The van der Waals surface area contributed by atoms with Gasteiger partial charge in [0.25, 0.3) is 0 Å². The quantitative estimate of drug-likeness (QED) is 0.570. The van der Waals surface area contributed by atoms with Gasteiger partial charge in [-0.25, -0.2) is 4.79 Å². The molecule has 28 heavy (non-hydrogen) atoms. The first-order valence-electron chi connectivity index (χ1n) is 9.74. The normalized spacial score (nSPS) is 39.0. The summed E-state index contributed by atoms with van der Waals surface area (Å²) < 4.78 is 22.0. The van der Waals surface area contributed by atoms with Crippen LogP contribution in [0.2, 0.25) is 0 Å². The number of hydrogen-bond donors (Lipinski definition) is 0. The SMILES string of the molecule is CC(=O)OC1CC2=C3C(CC(C)C4(CC(c5ccoc5)OC4=O)C3C1)OC2=O. The smallest absolute Gasteiger partial charge is 0.334 e. The first-order valence-corrected chi connectivity index (χ1v) is 9.74. The predicted octanol–water partition coefficient (Wildman–Crippen LogP) is 2.86. The van der Waals surface area contributed by atoms with Crippen LogP contribution in [0.4, 0.5) is 0 Å². The van der Waals surface area contributed by atoms with E-state index in [0.29, 0.717) is 31.3 Å². The lowest BCUT2D eigenvalue weighted by molar-refractivity contribution is -0.158. The highest BCUT2D eigenvalue weighted by atomic mass is 16.6. The second-order valence-electron chi connectivity index (χ2n) is 8.38. The Bertz CT molecular complexity index is 883. The van der Waals surface area contributed by atoms with E-state index in [1.807, 2.05) is 13.0 Å². The van der Waals surface area contributed by atoms with Crippen molar-refractivity contribution in [3.63, 3.8) is 0 Å². The Kier molecular flexibility index (Phi) is 3.73. The molecule has 0 N–H and O–H groups in total. The van der Waals surface area contributed by atoms with Gasteiger partial charge in [-0.2, -0.15) is 0 Å². The van der Waals surface area contributed by atoms with Crippen LogP contribution >= 0.6 is 0 Å². The Morgan fingerprint density at radius 2 is 2.04 bits per heavy atom. The molecule has 5 rings (SSSR count). The largest absolute Gasteiger partial charge is 0.472 e. The van der Waals surface area contributed by atoms with Crippen molar-refractivity contribution in [2.24, 2.45) is 17.3 Å². The van der Waals surface area contributed by atoms with Gasteiger partial charge in [-0.1, -0.05) is 6.92 Å². The number of fused-ring (bicyclic) bond motifs is 1. The van der Waals surface area contributed by atoms with E-state index in [2.05, 4.69) is 0 Å². The van der Waals surface area contributed by atoms with Crippen LogP contribution in [0.1, 0.15) is 51.2 Å². The highest BCUT2D eigenvalue weighted by Gasteiger charge is 2.65. The van der Waals surface area contributed by atoms with Gasteiger partial charge in [0.15, 0.2) is 0 Å². The molecule has 4 aliphatic rings. The molecule has 6 atom stereocenters. The highest BCUT2D eigenvalue weighted by molar-refractivity contribution is 5.94. The molecule has 1 saturated carbocycles. The van der Waals surface area contributed by atoms with Crippen LogP contribution in [-0.4, -0.2) is 30.1 Å². The zero-order valence-electron chi connectivity index (χ0n) is 15.8. The molecule has 1 saturated heterocycles. The molecule has 3 heterocycles. The fraction of sp³-hybridized carbons (Fsp3) is 0.571. The Hall–Kier alpha value is -2.57. The standard InChI is InChI=1S/C21H22O7/c1-10-5-16-18-14(19(23)27-16)6-13(26-11(2)22)7-15(18)21(10)8-17(28-20(21)24)12-3-4-25-9-12/h3-4,9-10,13,15-17H,5-8H2,1-2H3. The van der Waals surface area contributed by atoms with Crippen LogP contribution in [0.3, 0.4) is 0 Å². The summed E-state index contributed by atoms with van der Waals surface area (Å²) in [5.74, 6) is -1.24. The molecule has 2 aliphatic heterocycles. The first kappa shape index (κ1) is 17.5. The number of carbonyl (C=O) groups excluding carboxylic acids is 3. The van der Waals surface area contributed by atoms with Crippen LogP contribution in [0.25, 0.3) is 0 Å². The molecule has 7 heteroatoms. The van der Waals surface area contributed by atoms with Crippen LogP contribution in [0.5, 0.6) is 0 Å². The van der Waals surface area contributed by atoms with Gasteiger partial charge < -0.3 is 18.6 Å². The minimum absolute atomic E-state index is 0.0288. The van der Waals surface area contributed by atoms with Crippen molar-refractivity contribution < 1.29 is 33.0 Å². The van der Waals surface area contributed by atoms with E-state index in [9.17, 15) is 14.4 Å². The average molecular weight is 386 g/mol. The monoisotopic (exact) mass is 386 g/mol. The predicted molar refractivity (Wildman–Crippen MR) is 93.6 cm³/mol. The summed E-state index contributed by atoms with van der Waals surface area (Å²) in [7, 11) is 0. The topological polar surface area (TPSA) is 92.0 Å². The van der Waals surface area contributed by atoms with Crippen molar-refractivity contribution in [3.05, 3.63) is 35.3 Å². The van der Waals surface area contributed by atoms with Gasteiger partial charge in [0, 0.05) is 36.8 Å². The lowest BCUT2D eigenvalue weighted by atomic mass is 9.53. The minimum atomic E-state index is -0.758. The fourth-order valence-corrected chi connectivity index (χ4v) is 5.78. The number of ether oxygens (including phenoxy) is 3. The van der Waals surface area contributed by atoms with Gasteiger partial charge in [0.2, 0.25) is 0 Å². The summed E-state index contributed by atoms with van der Waals surface area (Å²) in [5.41, 5.74) is 1.58. The zero-order chi connectivity index (χ0) is 19.6. The van der Waals surface area contributed by atoms with E-state index in [0.717, 1.165) is 11.1 Å². The Labute approximate surface area is 162 Å². The lowest BCUT2D eigenvalue weighted by Gasteiger charge is -2.48. The number of hydrogen-bond acceptors (Lipinski definition) is 7. The third kappa shape index (κ3) is 2.31. The van der Waals surface area contributed by atoms with Crippen LogP contribution in [0.15, 0.2) is 34.2 Å². The molecule has 0 amide bonds. The summed E-state index contributed by atoms with van der Waals surface area (Å²) in [4.78, 5) is 37.3. The summed E-state index contributed by atoms with van der Waals surface area (Å²) in [5, 5.41) is 0. The number of rotatable bonds is 2. The second-order valence-corrected chi connectivity index (χ2v) is 8.38.